The van der Waals surface area contributed by atoms with E-state index >= 15 is 0 Å². The molecule has 1 aliphatic heterocycles. The van der Waals surface area contributed by atoms with Crippen molar-refractivity contribution in [1.82, 2.24) is 20.0 Å². The number of ether oxygens (including phenoxy) is 2. The second kappa shape index (κ2) is 10.5. The molecular formula is C28H36N4O3. The van der Waals surface area contributed by atoms with Gasteiger partial charge < -0.3 is 19.7 Å². The monoisotopic (exact) mass is 476 g/mol. The summed E-state index contributed by atoms with van der Waals surface area (Å²) in [5.74, 6) is 1.34. The van der Waals surface area contributed by atoms with Crippen LogP contribution in [0, 0.1) is 13.8 Å². The van der Waals surface area contributed by atoms with Gasteiger partial charge in [0.1, 0.15) is 5.75 Å². The Kier molecular flexibility index (Phi) is 7.45. The molecule has 1 fully saturated rings. The molecule has 35 heavy (non-hydrogen) atoms. The second-order valence-corrected chi connectivity index (χ2v) is 10.2. The van der Waals surface area contributed by atoms with E-state index in [-0.39, 0.29) is 17.7 Å². The number of aromatic nitrogens is 2. The first-order chi connectivity index (χ1) is 16.7. The van der Waals surface area contributed by atoms with Gasteiger partial charge in [0.25, 0.3) is 0 Å². The molecule has 1 unspecified atom stereocenters. The zero-order valence-electron chi connectivity index (χ0n) is 21.4. The Morgan fingerprint density at radius 2 is 1.94 bits per heavy atom. The van der Waals surface area contributed by atoms with Crippen LogP contribution in [-0.2, 0) is 11.3 Å². The number of nitrogens with zero attached hydrogens (tertiary/aromatic N) is 3. The number of hydrogen-bond acceptors (Lipinski definition) is 4. The maximum Gasteiger partial charge on any atom is 0.318 e. The number of nitrogens with one attached hydrogen (secondary N) is 1. The highest BCUT2D eigenvalue weighted by Gasteiger charge is 2.28. The molecule has 3 aromatic rings. The van der Waals surface area contributed by atoms with Crippen LogP contribution >= 0.6 is 0 Å². The molecule has 2 heterocycles. The minimum atomic E-state index is -0.351. The smallest absolute Gasteiger partial charge is 0.318 e. The van der Waals surface area contributed by atoms with Crippen molar-refractivity contribution in [2.75, 3.05) is 13.2 Å². The van der Waals surface area contributed by atoms with Gasteiger partial charge in [0, 0.05) is 18.7 Å². The van der Waals surface area contributed by atoms with E-state index in [9.17, 15) is 4.79 Å². The van der Waals surface area contributed by atoms with Crippen LogP contribution in [0.3, 0.4) is 0 Å². The van der Waals surface area contributed by atoms with Crippen molar-refractivity contribution in [1.29, 1.82) is 0 Å². The van der Waals surface area contributed by atoms with E-state index in [4.69, 9.17) is 14.6 Å². The van der Waals surface area contributed by atoms with Gasteiger partial charge in [-0.2, -0.15) is 5.10 Å². The maximum atomic E-state index is 13.3. The second-order valence-electron chi connectivity index (χ2n) is 10.2. The lowest BCUT2D eigenvalue weighted by molar-refractivity contribution is 0.0779. The highest BCUT2D eigenvalue weighted by Crippen LogP contribution is 2.32. The topological polar surface area (TPSA) is 68.6 Å². The fraction of sp³-hybridized carbons (Fsp3) is 0.429. The third-order valence-electron chi connectivity index (χ3n) is 5.91. The average Bonchev–Trinajstić information content (AvgIpc) is 3.41. The summed E-state index contributed by atoms with van der Waals surface area (Å²) in [6.07, 6.45) is 2.01. The van der Waals surface area contributed by atoms with Gasteiger partial charge in [-0.15, -0.1) is 0 Å². The number of amides is 2. The normalized spacial score (nSPS) is 15.7. The minimum Gasteiger partial charge on any atom is -0.439 e. The molecule has 2 amide bonds. The van der Waals surface area contributed by atoms with Crippen LogP contribution in [0.1, 0.15) is 50.4 Å². The van der Waals surface area contributed by atoms with Crippen LogP contribution in [-0.4, -0.2) is 45.5 Å². The molecule has 0 bridgehead atoms. The molecule has 1 aromatic heterocycles. The highest BCUT2D eigenvalue weighted by atomic mass is 16.5. The lowest BCUT2D eigenvalue weighted by Crippen LogP contribution is -2.50. The summed E-state index contributed by atoms with van der Waals surface area (Å²) in [5.41, 5.74) is 3.34. The highest BCUT2D eigenvalue weighted by molar-refractivity contribution is 5.75. The van der Waals surface area contributed by atoms with E-state index in [0.717, 1.165) is 47.7 Å². The van der Waals surface area contributed by atoms with Crippen LogP contribution in [0.25, 0.3) is 5.69 Å². The van der Waals surface area contributed by atoms with Gasteiger partial charge >= 0.3 is 6.03 Å². The number of aryl methyl sites for hydroxylation is 2. The maximum absolute atomic E-state index is 13.3. The molecule has 1 atom stereocenters. The lowest BCUT2D eigenvalue weighted by atomic mass is 10.1. The SMILES string of the molecule is Cc1cccc(Oc2c(CN(CC3CCCO3)C(=O)NC(C)(C)C)c(C)nn2-c2ccccc2)c1. The Bertz CT molecular complexity index is 1140. The summed E-state index contributed by atoms with van der Waals surface area (Å²) < 4.78 is 14.1. The third-order valence-corrected chi connectivity index (χ3v) is 5.91. The number of carbonyl (C=O) groups excluding carboxylic acids is 1. The van der Waals surface area contributed by atoms with Crippen molar-refractivity contribution in [3.05, 3.63) is 71.4 Å². The molecule has 1 N–H and O–H groups in total. The predicted octanol–water partition coefficient (Wildman–Crippen LogP) is 5.77. The molecule has 0 radical (unpaired) electrons. The van der Waals surface area contributed by atoms with Crippen LogP contribution < -0.4 is 10.1 Å². The predicted molar refractivity (Wildman–Crippen MR) is 137 cm³/mol. The number of carbonyl (C=O) groups is 1. The number of hydrogen-bond donors (Lipinski definition) is 1. The van der Waals surface area contributed by atoms with Crippen molar-refractivity contribution in [2.24, 2.45) is 0 Å². The first-order valence-corrected chi connectivity index (χ1v) is 12.3. The number of rotatable bonds is 7. The van der Waals surface area contributed by atoms with Gasteiger partial charge in [-0.1, -0.05) is 30.3 Å². The van der Waals surface area contributed by atoms with Crippen LogP contribution in [0.2, 0.25) is 0 Å². The van der Waals surface area contributed by atoms with Crippen molar-refractivity contribution >= 4 is 6.03 Å². The first kappa shape index (κ1) is 24.8. The van der Waals surface area contributed by atoms with E-state index in [1.807, 2.05) is 98.8 Å². The van der Waals surface area contributed by atoms with Gasteiger partial charge in [-0.25, -0.2) is 9.48 Å². The summed E-state index contributed by atoms with van der Waals surface area (Å²) in [6, 6.07) is 17.7. The van der Waals surface area contributed by atoms with Crippen LogP contribution in [0.5, 0.6) is 11.6 Å². The van der Waals surface area contributed by atoms with Crippen molar-refractivity contribution in [3.8, 4) is 17.3 Å². The van der Waals surface area contributed by atoms with Crippen LogP contribution in [0.4, 0.5) is 4.79 Å². The van der Waals surface area contributed by atoms with E-state index < -0.39 is 0 Å². The summed E-state index contributed by atoms with van der Waals surface area (Å²) in [7, 11) is 0. The summed E-state index contributed by atoms with van der Waals surface area (Å²) in [5, 5.41) is 7.93. The molecule has 2 aromatic carbocycles. The number of urea groups is 1. The third kappa shape index (κ3) is 6.42. The molecule has 0 aliphatic carbocycles. The van der Waals surface area contributed by atoms with E-state index in [1.54, 1.807) is 0 Å². The van der Waals surface area contributed by atoms with Crippen molar-refractivity contribution in [2.45, 2.75) is 65.6 Å². The van der Waals surface area contributed by atoms with Gasteiger partial charge in [0.05, 0.1) is 29.6 Å². The van der Waals surface area contributed by atoms with Crippen LogP contribution in [0.15, 0.2) is 54.6 Å². The van der Waals surface area contributed by atoms with E-state index in [1.165, 1.54) is 0 Å². The van der Waals surface area contributed by atoms with Gasteiger partial charge in [0.2, 0.25) is 5.88 Å². The molecule has 1 saturated heterocycles. The summed E-state index contributed by atoms with van der Waals surface area (Å²) in [6.45, 7) is 11.6. The average molecular weight is 477 g/mol. The van der Waals surface area contributed by atoms with E-state index in [0.29, 0.717) is 19.0 Å². The summed E-state index contributed by atoms with van der Waals surface area (Å²) >= 11 is 0. The molecule has 0 saturated carbocycles. The number of benzene rings is 2. The van der Waals surface area contributed by atoms with Gasteiger partial charge in [-0.05, 0) is 77.3 Å². The Morgan fingerprint density at radius 3 is 2.60 bits per heavy atom. The zero-order valence-corrected chi connectivity index (χ0v) is 21.4. The number of para-hydroxylation sites is 1. The molecular weight excluding hydrogens is 440 g/mol. The van der Waals surface area contributed by atoms with Gasteiger partial charge in [-0.3, -0.25) is 0 Å². The fourth-order valence-electron chi connectivity index (χ4n) is 4.20. The molecule has 7 nitrogen and oxygen atoms in total. The van der Waals surface area contributed by atoms with Crippen molar-refractivity contribution < 1.29 is 14.3 Å². The zero-order chi connectivity index (χ0) is 25.0. The standard InChI is InChI=1S/C28H36N4O3/c1-20-11-9-14-23(17-20)35-26-25(21(2)30-32(26)22-12-7-6-8-13-22)19-31(18-24-15-10-16-34-24)27(33)29-28(3,4)5/h6-9,11-14,17,24H,10,15-16,18-19H2,1-5H3,(H,29,33). The molecule has 4 rings (SSSR count). The minimum absolute atomic E-state index is 0.0336. The Morgan fingerprint density at radius 1 is 1.17 bits per heavy atom. The molecule has 7 heteroatoms. The molecule has 1 aliphatic rings. The van der Waals surface area contributed by atoms with Crippen molar-refractivity contribution in [3.63, 3.8) is 0 Å². The summed E-state index contributed by atoms with van der Waals surface area (Å²) in [4.78, 5) is 15.2. The first-order valence-electron chi connectivity index (χ1n) is 12.3. The molecule has 186 valence electrons. The van der Waals surface area contributed by atoms with E-state index in [2.05, 4.69) is 5.32 Å². The fourth-order valence-corrected chi connectivity index (χ4v) is 4.20. The molecule has 0 spiro atoms. The Balaban J connectivity index is 1.72. The largest absolute Gasteiger partial charge is 0.439 e. The lowest BCUT2D eigenvalue weighted by Gasteiger charge is -2.30. The Labute approximate surface area is 208 Å². The van der Waals surface area contributed by atoms with Gasteiger partial charge in [0.15, 0.2) is 0 Å². The Hall–Kier alpha value is -3.32. The quantitative estimate of drug-likeness (QED) is 0.470.